The van der Waals surface area contributed by atoms with Crippen LogP contribution in [0.2, 0.25) is 0 Å². The maximum atomic E-state index is 13.9. The quantitative estimate of drug-likeness (QED) is 0.316. The maximum absolute atomic E-state index is 13.9. The Balaban J connectivity index is 1.07. The number of thiazole rings is 1. The molecule has 7 atom stereocenters. The van der Waals surface area contributed by atoms with Crippen molar-refractivity contribution in [1.29, 1.82) is 0 Å². The van der Waals surface area contributed by atoms with E-state index in [2.05, 4.69) is 39.5 Å². The number of fused-ring (bicyclic) bond motifs is 10. The molecule has 3 heterocycles. The first-order chi connectivity index (χ1) is 20.8. The summed E-state index contributed by atoms with van der Waals surface area (Å²) in [5.74, 6) is -1.53. The minimum absolute atomic E-state index is 0.0152. The van der Waals surface area contributed by atoms with Crippen LogP contribution < -0.4 is 15.1 Å². The molecule has 8 rings (SSSR count). The summed E-state index contributed by atoms with van der Waals surface area (Å²) in [6.07, 6.45) is 0.817. The van der Waals surface area contributed by atoms with E-state index in [1.54, 1.807) is 11.8 Å². The number of amides is 3. The zero-order valence-electron chi connectivity index (χ0n) is 23.7. The fourth-order valence-electron chi connectivity index (χ4n) is 8.20. The Morgan fingerprint density at radius 2 is 1.67 bits per heavy atom. The number of rotatable bonds is 5. The van der Waals surface area contributed by atoms with Crippen molar-refractivity contribution in [2.45, 2.75) is 22.6 Å². The lowest BCUT2D eigenvalue weighted by atomic mass is 9.68. The molecule has 8 nitrogen and oxygen atoms in total. The third-order valence-electron chi connectivity index (χ3n) is 9.92. The zero-order valence-corrected chi connectivity index (χ0v) is 25.3. The van der Waals surface area contributed by atoms with Crippen LogP contribution in [0.15, 0.2) is 76.6 Å². The van der Waals surface area contributed by atoms with Crippen molar-refractivity contribution in [3.05, 3.63) is 86.8 Å². The topological polar surface area (TPSA) is 103 Å². The smallest absolute Gasteiger partial charge is 0.305 e. The normalized spacial score (nSPS) is 28.6. The maximum Gasteiger partial charge on any atom is 0.305 e. The first-order valence-electron chi connectivity index (χ1n) is 14.6. The predicted octanol–water partition coefficient (Wildman–Crippen LogP) is 4.77. The van der Waals surface area contributed by atoms with Crippen LogP contribution in [0.4, 0.5) is 11.4 Å². The van der Waals surface area contributed by atoms with E-state index in [1.165, 1.54) is 16.2 Å². The molecule has 2 aliphatic carbocycles. The Labute approximate surface area is 256 Å². The molecule has 2 saturated carbocycles. The average Bonchev–Trinajstić information content (AvgIpc) is 3.73. The number of carbonyl (C=O) groups excluding carboxylic acids is 3. The van der Waals surface area contributed by atoms with Gasteiger partial charge in [0.05, 0.1) is 16.9 Å². The number of anilines is 2. The SMILES string of the molecule is CN(C)c1ccc([C@H]2c3sc(=O)[nH]c3SC3C4CC(C5C(=O)N(CC(=O)Nc6ccc7ccccc7c6)C(=O)C45)C32)cc1. The number of likely N-dealkylation sites (tertiary alicyclic amines) is 1. The van der Waals surface area contributed by atoms with Gasteiger partial charge < -0.3 is 15.2 Å². The first kappa shape index (κ1) is 26.7. The standard InChI is InChI=1S/C33H30N4O4S2/c1-36(2)20-11-8-17(9-12-20)24-25-21-14-22(28(25)42-30-29(24)43-33(41)35-30)27-26(21)31(39)37(32(27)40)15-23(38)34-19-10-7-16-5-3-4-6-18(16)13-19/h3-13,21-22,24-28H,14-15H2,1-2H3,(H,34,38)(H,35,41)/t21?,22?,24-,25?,26?,27?,28?/m1/s1. The summed E-state index contributed by atoms with van der Waals surface area (Å²) in [7, 11) is 4.01. The van der Waals surface area contributed by atoms with E-state index >= 15 is 0 Å². The fraction of sp³-hybridized carbons (Fsp3) is 0.333. The molecule has 4 aliphatic rings. The monoisotopic (exact) mass is 610 g/mol. The number of thioether (sulfide) groups is 1. The van der Waals surface area contributed by atoms with E-state index in [9.17, 15) is 19.2 Å². The summed E-state index contributed by atoms with van der Waals surface area (Å²) in [4.78, 5) is 60.6. The van der Waals surface area contributed by atoms with Crippen molar-refractivity contribution in [2.75, 3.05) is 30.9 Å². The summed E-state index contributed by atoms with van der Waals surface area (Å²) in [6, 6.07) is 22.0. The van der Waals surface area contributed by atoms with Crippen LogP contribution in [-0.2, 0) is 14.4 Å². The van der Waals surface area contributed by atoms with Crippen molar-refractivity contribution < 1.29 is 14.4 Å². The largest absolute Gasteiger partial charge is 0.378 e. The van der Waals surface area contributed by atoms with Crippen molar-refractivity contribution in [1.82, 2.24) is 9.88 Å². The Morgan fingerprint density at radius 3 is 2.42 bits per heavy atom. The Kier molecular flexibility index (Phi) is 6.10. The molecular formula is C33H30N4O4S2. The van der Waals surface area contributed by atoms with E-state index in [-0.39, 0.29) is 58.1 Å². The van der Waals surface area contributed by atoms with E-state index in [1.807, 2.05) is 56.6 Å². The van der Waals surface area contributed by atoms with E-state index < -0.39 is 11.8 Å². The summed E-state index contributed by atoms with van der Waals surface area (Å²) in [6.45, 7) is -0.282. The molecule has 3 amide bonds. The van der Waals surface area contributed by atoms with Crippen LogP contribution in [0.25, 0.3) is 10.8 Å². The van der Waals surface area contributed by atoms with Crippen LogP contribution in [-0.4, -0.2) is 53.5 Å². The van der Waals surface area contributed by atoms with Gasteiger partial charge in [-0.3, -0.25) is 24.1 Å². The summed E-state index contributed by atoms with van der Waals surface area (Å²) >= 11 is 2.93. The lowest BCUT2D eigenvalue weighted by molar-refractivity contribution is -0.143. The molecule has 3 aromatic carbocycles. The molecule has 218 valence electrons. The number of benzene rings is 3. The number of carbonyl (C=O) groups is 3. The summed E-state index contributed by atoms with van der Waals surface area (Å²) in [5, 5.41) is 5.96. The zero-order chi connectivity index (χ0) is 29.6. The Hall–Kier alpha value is -3.89. The highest BCUT2D eigenvalue weighted by atomic mass is 32.2. The number of hydrogen-bond acceptors (Lipinski definition) is 7. The van der Waals surface area contributed by atoms with Crippen molar-refractivity contribution in [3.63, 3.8) is 0 Å². The first-order valence-corrected chi connectivity index (χ1v) is 16.3. The van der Waals surface area contributed by atoms with Gasteiger partial charge >= 0.3 is 4.87 Å². The van der Waals surface area contributed by atoms with E-state index in [0.717, 1.165) is 38.3 Å². The van der Waals surface area contributed by atoms with Gasteiger partial charge in [-0.05, 0) is 64.8 Å². The van der Waals surface area contributed by atoms with Gasteiger partial charge in [0.25, 0.3) is 0 Å². The molecule has 4 aromatic rings. The molecule has 10 heteroatoms. The van der Waals surface area contributed by atoms with Crippen molar-refractivity contribution in [2.24, 2.45) is 29.6 Å². The molecule has 1 aromatic heterocycles. The highest BCUT2D eigenvalue weighted by Crippen LogP contribution is 2.68. The Morgan fingerprint density at radius 1 is 0.953 bits per heavy atom. The number of imide groups is 1. The number of nitrogens with one attached hydrogen (secondary N) is 2. The fourth-order valence-corrected chi connectivity index (χ4v) is 11.1. The minimum atomic E-state index is -0.423. The van der Waals surface area contributed by atoms with Gasteiger partial charge in [0.2, 0.25) is 17.7 Å². The van der Waals surface area contributed by atoms with Crippen LogP contribution in [0, 0.1) is 29.6 Å². The summed E-state index contributed by atoms with van der Waals surface area (Å²) < 4.78 is 0. The average molecular weight is 611 g/mol. The number of H-pyrrole nitrogens is 1. The molecule has 2 bridgehead atoms. The molecule has 0 spiro atoms. The van der Waals surface area contributed by atoms with E-state index in [0.29, 0.717) is 5.69 Å². The molecule has 2 N–H and O–H groups in total. The van der Waals surface area contributed by atoms with Crippen LogP contribution in [0.1, 0.15) is 22.8 Å². The van der Waals surface area contributed by atoms with Crippen LogP contribution >= 0.6 is 23.1 Å². The number of aromatic nitrogens is 1. The molecule has 3 fully saturated rings. The second-order valence-electron chi connectivity index (χ2n) is 12.3. The number of aromatic amines is 1. The van der Waals surface area contributed by atoms with Gasteiger partial charge in [-0.2, -0.15) is 0 Å². The van der Waals surface area contributed by atoms with Gasteiger partial charge in [-0.15, -0.1) is 11.8 Å². The van der Waals surface area contributed by atoms with Gasteiger partial charge in [0, 0.05) is 41.5 Å². The molecular weight excluding hydrogens is 581 g/mol. The van der Waals surface area contributed by atoms with Crippen molar-refractivity contribution >= 4 is 63.0 Å². The van der Waals surface area contributed by atoms with Gasteiger partial charge in [0.15, 0.2) is 0 Å². The molecule has 6 unspecified atom stereocenters. The molecule has 0 radical (unpaired) electrons. The predicted molar refractivity (Wildman–Crippen MR) is 169 cm³/mol. The lowest BCUT2D eigenvalue weighted by Crippen LogP contribution is -2.42. The number of nitrogens with zero attached hydrogens (tertiary/aromatic N) is 2. The van der Waals surface area contributed by atoms with Gasteiger partial charge in [0.1, 0.15) is 6.54 Å². The van der Waals surface area contributed by atoms with Crippen molar-refractivity contribution in [3.8, 4) is 0 Å². The highest BCUT2D eigenvalue weighted by molar-refractivity contribution is 8.00. The lowest BCUT2D eigenvalue weighted by Gasteiger charge is -2.43. The second-order valence-corrected chi connectivity index (χ2v) is 14.5. The molecule has 1 saturated heterocycles. The van der Waals surface area contributed by atoms with E-state index in [4.69, 9.17) is 0 Å². The molecule has 2 aliphatic heterocycles. The molecule has 43 heavy (non-hydrogen) atoms. The van der Waals surface area contributed by atoms with Gasteiger partial charge in [-0.1, -0.05) is 53.8 Å². The van der Waals surface area contributed by atoms with Crippen LogP contribution in [0.5, 0.6) is 0 Å². The van der Waals surface area contributed by atoms with Gasteiger partial charge in [-0.25, -0.2) is 0 Å². The summed E-state index contributed by atoms with van der Waals surface area (Å²) in [5.41, 5.74) is 2.86. The minimum Gasteiger partial charge on any atom is -0.378 e. The third-order valence-corrected chi connectivity index (χ3v) is 12.5. The number of hydrogen-bond donors (Lipinski definition) is 2. The van der Waals surface area contributed by atoms with Crippen LogP contribution in [0.3, 0.4) is 0 Å². The Bertz CT molecular complexity index is 1860. The second kappa shape index (κ2) is 9.82. The highest BCUT2D eigenvalue weighted by Gasteiger charge is 2.69. The third kappa shape index (κ3) is 4.10.